The lowest BCUT2D eigenvalue weighted by Crippen LogP contribution is -2.44. The van der Waals surface area contributed by atoms with E-state index in [1.54, 1.807) is 20.8 Å². The van der Waals surface area contributed by atoms with Gasteiger partial charge in [-0.2, -0.15) is 0 Å². The standard InChI is InChI=1S/C16H19BrFNO4/c1-15(2,3)23-14(21)19-16(4-5-16)9-22-13-7-12(18)11(17)6-10(13)8-20/h6-8H,4-5,9H2,1-3H3,(H,19,21). The summed E-state index contributed by atoms with van der Waals surface area (Å²) < 4.78 is 24.6. The van der Waals surface area contributed by atoms with Crippen molar-refractivity contribution in [3.05, 3.63) is 28.0 Å². The topological polar surface area (TPSA) is 64.6 Å². The van der Waals surface area contributed by atoms with Crippen LogP contribution in [0.25, 0.3) is 0 Å². The SMILES string of the molecule is CC(C)(C)OC(=O)NC1(COc2cc(F)c(Br)cc2C=O)CC1. The van der Waals surface area contributed by atoms with E-state index in [4.69, 9.17) is 9.47 Å². The number of rotatable bonds is 5. The van der Waals surface area contributed by atoms with Crippen molar-refractivity contribution in [2.24, 2.45) is 0 Å². The molecule has 1 aliphatic rings. The molecule has 0 atom stereocenters. The van der Waals surface area contributed by atoms with E-state index in [9.17, 15) is 14.0 Å². The van der Waals surface area contributed by atoms with Crippen LogP contribution in [0, 0.1) is 5.82 Å². The molecule has 0 spiro atoms. The van der Waals surface area contributed by atoms with E-state index < -0.39 is 23.1 Å². The first kappa shape index (κ1) is 17.7. The Kier molecular flexibility index (Phi) is 4.98. The number of amides is 1. The number of hydrogen-bond acceptors (Lipinski definition) is 4. The molecule has 1 aromatic rings. The molecule has 2 rings (SSSR count). The summed E-state index contributed by atoms with van der Waals surface area (Å²) in [6.07, 6.45) is 1.56. The van der Waals surface area contributed by atoms with Crippen LogP contribution < -0.4 is 10.1 Å². The van der Waals surface area contributed by atoms with Crippen molar-refractivity contribution >= 4 is 28.3 Å². The quantitative estimate of drug-likeness (QED) is 0.779. The molecule has 1 aliphatic carbocycles. The van der Waals surface area contributed by atoms with Gasteiger partial charge in [0.2, 0.25) is 0 Å². The molecule has 0 radical (unpaired) electrons. The molecule has 7 heteroatoms. The zero-order valence-corrected chi connectivity index (χ0v) is 14.8. The average molecular weight is 388 g/mol. The fraction of sp³-hybridized carbons (Fsp3) is 0.500. The van der Waals surface area contributed by atoms with Crippen molar-refractivity contribution in [2.75, 3.05) is 6.61 Å². The second-order valence-corrected chi connectivity index (χ2v) is 7.47. The van der Waals surface area contributed by atoms with Gasteiger partial charge in [0.05, 0.1) is 15.6 Å². The second-order valence-electron chi connectivity index (χ2n) is 6.62. The molecule has 0 heterocycles. The van der Waals surface area contributed by atoms with Gasteiger partial charge in [0, 0.05) is 6.07 Å². The third-order valence-electron chi connectivity index (χ3n) is 3.30. The molecule has 126 valence electrons. The number of nitrogens with one attached hydrogen (secondary N) is 1. The first-order valence-electron chi connectivity index (χ1n) is 7.22. The highest BCUT2D eigenvalue weighted by molar-refractivity contribution is 9.10. The van der Waals surface area contributed by atoms with Gasteiger partial charge in [-0.15, -0.1) is 0 Å². The van der Waals surface area contributed by atoms with Crippen LogP contribution >= 0.6 is 15.9 Å². The lowest BCUT2D eigenvalue weighted by Gasteiger charge is -2.23. The number of aldehydes is 1. The average Bonchev–Trinajstić information content (AvgIpc) is 3.17. The van der Waals surface area contributed by atoms with E-state index in [1.165, 1.54) is 6.07 Å². The molecule has 0 unspecified atom stereocenters. The van der Waals surface area contributed by atoms with Gasteiger partial charge in [-0.3, -0.25) is 4.79 Å². The zero-order valence-electron chi connectivity index (χ0n) is 13.2. The molecular weight excluding hydrogens is 369 g/mol. The van der Waals surface area contributed by atoms with Gasteiger partial charge in [-0.05, 0) is 55.6 Å². The van der Waals surface area contributed by atoms with Crippen LogP contribution in [0.4, 0.5) is 9.18 Å². The normalized spacial score (nSPS) is 15.7. The second kappa shape index (κ2) is 6.47. The first-order chi connectivity index (χ1) is 10.6. The molecule has 1 N–H and O–H groups in total. The summed E-state index contributed by atoms with van der Waals surface area (Å²) in [5, 5.41) is 2.78. The molecule has 1 saturated carbocycles. The number of alkyl carbamates (subject to hydrolysis) is 1. The molecule has 0 bridgehead atoms. The van der Waals surface area contributed by atoms with Gasteiger partial charge in [0.25, 0.3) is 0 Å². The molecule has 1 amide bonds. The van der Waals surface area contributed by atoms with Crippen LogP contribution in [-0.4, -0.2) is 30.1 Å². The summed E-state index contributed by atoms with van der Waals surface area (Å²) in [6, 6.07) is 2.51. The maximum absolute atomic E-state index is 13.6. The van der Waals surface area contributed by atoms with E-state index >= 15 is 0 Å². The molecule has 0 saturated heterocycles. The minimum Gasteiger partial charge on any atom is -0.490 e. The fourth-order valence-electron chi connectivity index (χ4n) is 1.95. The van der Waals surface area contributed by atoms with Crippen molar-refractivity contribution in [1.82, 2.24) is 5.32 Å². The van der Waals surface area contributed by atoms with Crippen molar-refractivity contribution in [3.63, 3.8) is 0 Å². The van der Waals surface area contributed by atoms with Crippen molar-refractivity contribution in [1.29, 1.82) is 0 Å². The summed E-state index contributed by atoms with van der Waals surface area (Å²) >= 11 is 3.02. The van der Waals surface area contributed by atoms with Gasteiger partial charge in [0.15, 0.2) is 6.29 Å². The predicted molar refractivity (Wildman–Crippen MR) is 86.3 cm³/mol. The molecular formula is C16H19BrFNO4. The van der Waals surface area contributed by atoms with E-state index in [2.05, 4.69) is 21.2 Å². The first-order valence-corrected chi connectivity index (χ1v) is 8.02. The summed E-state index contributed by atoms with van der Waals surface area (Å²) in [4.78, 5) is 22.9. The summed E-state index contributed by atoms with van der Waals surface area (Å²) in [7, 11) is 0. The zero-order chi connectivity index (χ0) is 17.3. The third kappa shape index (κ3) is 4.92. The largest absolute Gasteiger partial charge is 0.490 e. The fourth-order valence-corrected chi connectivity index (χ4v) is 2.31. The van der Waals surface area contributed by atoms with E-state index in [1.807, 2.05) is 0 Å². The lowest BCUT2D eigenvalue weighted by atomic mass is 10.2. The van der Waals surface area contributed by atoms with Crippen LogP contribution in [0.15, 0.2) is 16.6 Å². The van der Waals surface area contributed by atoms with Gasteiger partial charge in [-0.25, -0.2) is 9.18 Å². The third-order valence-corrected chi connectivity index (χ3v) is 3.91. The Morgan fingerprint density at radius 3 is 2.61 bits per heavy atom. The molecule has 1 fully saturated rings. The number of carbonyl (C=O) groups excluding carboxylic acids is 2. The Morgan fingerprint density at radius 2 is 2.09 bits per heavy atom. The summed E-state index contributed by atoms with van der Waals surface area (Å²) in [5.74, 6) is -0.367. The Bertz CT molecular complexity index is 623. The smallest absolute Gasteiger partial charge is 0.408 e. The highest BCUT2D eigenvalue weighted by Crippen LogP contribution is 2.37. The van der Waals surface area contributed by atoms with Crippen LogP contribution in [0.5, 0.6) is 5.75 Å². The Labute approximate surface area is 142 Å². The maximum Gasteiger partial charge on any atom is 0.408 e. The van der Waals surface area contributed by atoms with E-state index in [-0.39, 0.29) is 22.4 Å². The number of benzene rings is 1. The molecule has 0 aromatic heterocycles. The highest BCUT2D eigenvalue weighted by Gasteiger charge is 2.46. The Morgan fingerprint density at radius 1 is 1.43 bits per heavy atom. The van der Waals surface area contributed by atoms with E-state index in [0.29, 0.717) is 6.29 Å². The van der Waals surface area contributed by atoms with Crippen LogP contribution in [0.3, 0.4) is 0 Å². The van der Waals surface area contributed by atoms with Crippen LogP contribution in [-0.2, 0) is 4.74 Å². The highest BCUT2D eigenvalue weighted by atomic mass is 79.9. The summed E-state index contributed by atoms with van der Waals surface area (Å²) in [5.41, 5.74) is -0.863. The number of ether oxygens (including phenoxy) is 2. The summed E-state index contributed by atoms with van der Waals surface area (Å²) in [6.45, 7) is 5.49. The molecule has 23 heavy (non-hydrogen) atoms. The van der Waals surface area contributed by atoms with Crippen molar-refractivity contribution < 1.29 is 23.5 Å². The minimum absolute atomic E-state index is 0.147. The number of halogens is 2. The van der Waals surface area contributed by atoms with Crippen molar-refractivity contribution in [2.45, 2.75) is 44.8 Å². The van der Waals surface area contributed by atoms with Gasteiger partial charge in [0.1, 0.15) is 23.8 Å². The van der Waals surface area contributed by atoms with Gasteiger partial charge in [-0.1, -0.05) is 0 Å². The molecule has 1 aromatic carbocycles. The van der Waals surface area contributed by atoms with Gasteiger partial charge >= 0.3 is 6.09 Å². The number of carbonyl (C=O) groups is 2. The monoisotopic (exact) mass is 387 g/mol. The van der Waals surface area contributed by atoms with Crippen LogP contribution in [0.1, 0.15) is 44.0 Å². The molecule has 5 nitrogen and oxygen atoms in total. The minimum atomic E-state index is -0.583. The lowest BCUT2D eigenvalue weighted by molar-refractivity contribution is 0.0476. The van der Waals surface area contributed by atoms with Gasteiger partial charge < -0.3 is 14.8 Å². The maximum atomic E-state index is 13.6. The van der Waals surface area contributed by atoms with Crippen LogP contribution in [0.2, 0.25) is 0 Å². The van der Waals surface area contributed by atoms with Crippen molar-refractivity contribution in [3.8, 4) is 5.75 Å². The van der Waals surface area contributed by atoms with E-state index in [0.717, 1.165) is 18.9 Å². The Hall–Kier alpha value is -1.63. The molecule has 0 aliphatic heterocycles. The predicted octanol–water partition coefficient (Wildman–Crippen LogP) is 3.84. The Balaban J connectivity index is 1.99. The number of hydrogen-bond donors (Lipinski definition) is 1.